The van der Waals surface area contributed by atoms with Crippen LogP contribution >= 0.6 is 0 Å². The second-order valence-electron chi connectivity index (χ2n) is 16.8. The molecule has 10 atom stereocenters. The van der Waals surface area contributed by atoms with Crippen LogP contribution in [0.3, 0.4) is 0 Å². The number of rotatable bonds is 5. The summed E-state index contributed by atoms with van der Waals surface area (Å²) >= 11 is 0. The highest BCUT2D eigenvalue weighted by atomic mass is 19.1. The Labute approximate surface area is 282 Å². The molecule has 6 aliphatic rings. The summed E-state index contributed by atoms with van der Waals surface area (Å²) in [5, 5.41) is 22.2. The van der Waals surface area contributed by atoms with Gasteiger partial charge >= 0.3 is 0 Å². The van der Waals surface area contributed by atoms with E-state index in [2.05, 4.69) is 30.6 Å². The summed E-state index contributed by atoms with van der Waals surface area (Å²) in [4.78, 5) is 31.1. The molecule has 0 unspecified atom stereocenters. The minimum absolute atomic E-state index is 0.0418. The van der Waals surface area contributed by atoms with Crippen LogP contribution in [-0.2, 0) is 25.6 Å². The summed E-state index contributed by atoms with van der Waals surface area (Å²) in [6.07, 6.45) is -1.39. The fourth-order valence-corrected chi connectivity index (χ4v) is 11.0. The maximum absolute atomic E-state index is 18.0. The number of ether oxygens (including phenoxy) is 2. The highest BCUT2D eigenvalue weighted by Crippen LogP contribution is 2.76. The van der Waals surface area contributed by atoms with Gasteiger partial charge in [0.05, 0.1) is 12.2 Å². The van der Waals surface area contributed by atoms with E-state index in [0.717, 1.165) is 43.9 Å². The molecule has 5 fully saturated rings. The van der Waals surface area contributed by atoms with Crippen LogP contribution in [0, 0.1) is 22.2 Å². The Hall–Kier alpha value is -2.34. The van der Waals surface area contributed by atoms with Crippen LogP contribution < -0.4 is 0 Å². The van der Waals surface area contributed by atoms with Crippen molar-refractivity contribution in [2.75, 3.05) is 32.8 Å². The van der Waals surface area contributed by atoms with Gasteiger partial charge in [-0.1, -0.05) is 44.2 Å². The van der Waals surface area contributed by atoms with Crippen molar-refractivity contribution in [3.8, 4) is 0 Å². The van der Waals surface area contributed by atoms with Crippen molar-refractivity contribution in [1.29, 1.82) is 0 Å². The summed E-state index contributed by atoms with van der Waals surface area (Å²) in [5.41, 5.74) is -6.15. The number of carbonyl (C=O) groups is 2. The van der Waals surface area contributed by atoms with Gasteiger partial charge in [-0.3, -0.25) is 19.4 Å². The molecule has 48 heavy (non-hydrogen) atoms. The van der Waals surface area contributed by atoms with Gasteiger partial charge in [-0.25, -0.2) is 8.78 Å². The predicted molar refractivity (Wildman–Crippen MR) is 175 cm³/mol. The lowest BCUT2D eigenvalue weighted by Gasteiger charge is -2.68. The van der Waals surface area contributed by atoms with Crippen LogP contribution in [0.25, 0.3) is 0 Å². The number of ketones is 2. The predicted octanol–water partition coefficient (Wildman–Crippen LogP) is 4.64. The molecule has 1 aromatic carbocycles. The first-order chi connectivity index (χ1) is 22.4. The van der Waals surface area contributed by atoms with E-state index in [9.17, 15) is 19.8 Å². The Morgan fingerprint density at radius 1 is 1.04 bits per heavy atom. The first kappa shape index (κ1) is 34.1. The molecule has 8 nitrogen and oxygen atoms in total. The summed E-state index contributed by atoms with van der Waals surface area (Å²) in [5.74, 6) is -1.63. The minimum atomic E-state index is -2.34. The number of piperazine rings is 1. The number of Topliss-reactive ketones (excluding diaryl/α,β-unsaturated/α-hetero) is 1. The van der Waals surface area contributed by atoms with Gasteiger partial charge in [0.25, 0.3) is 0 Å². The van der Waals surface area contributed by atoms with Crippen LogP contribution in [0.4, 0.5) is 8.78 Å². The number of alkyl halides is 2. The molecule has 0 radical (unpaired) electrons. The Morgan fingerprint density at radius 2 is 1.71 bits per heavy atom. The molecule has 1 aromatic rings. The van der Waals surface area contributed by atoms with Gasteiger partial charge in [-0.2, -0.15) is 0 Å². The van der Waals surface area contributed by atoms with Crippen LogP contribution in [0.1, 0.15) is 78.2 Å². The Bertz CT molecular complexity index is 1550. The largest absolute Gasteiger partial charge is 0.390 e. The third-order valence-corrected chi connectivity index (χ3v) is 13.5. The van der Waals surface area contributed by atoms with E-state index in [4.69, 9.17) is 9.47 Å². The number of carbonyl (C=O) groups excluding carboxylic acids is 2. The summed E-state index contributed by atoms with van der Waals surface area (Å²) in [6, 6.07) is 7.95. The minimum Gasteiger partial charge on any atom is -0.390 e. The Balaban J connectivity index is 1.16. The van der Waals surface area contributed by atoms with Crippen molar-refractivity contribution in [1.82, 2.24) is 9.80 Å². The molecule has 0 amide bonds. The number of benzene rings is 1. The lowest BCUT2D eigenvalue weighted by Crippen LogP contribution is -2.74. The van der Waals surface area contributed by atoms with E-state index in [0.29, 0.717) is 0 Å². The van der Waals surface area contributed by atoms with Crippen LogP contribution in [0.2, 0.25) is 0 Å². The van der Waals surface area contributed by atoms with Gasteiger partial charge in [-0.15, -0.1) is 0 Å². The van der Waals surface area contributed by atoms with E-state index >= 15 is 8.78 Å². The molecule has 0 bridgehead atoms. The highest BCUT2D eigenvalue weighted by molar-refractivity contribution is 6.01. The van der Waals surface area contributed by atoms with Gasteiger partial charge in [-0.05, 0) is 76.2 Å². The second-order valence-corrected chi connectivity index (χ2v) is 16.8. The first-order valence-corrected chi connectivity index (χ1v) is 17.4. The molecule has 4 aliphatic carbocycles. The standard InChI is InChI=1S/C38H50F2N2O6/c1-33(2,3)42-15-13-41(14-16-42)21-23-7-9-24(10-8-23)32-47-31-18-28-35(5,37(31,48-32)30(46)22-43)20-29(45)38(40)34(4)12-11-25(44)17-26(34)27(39)19-36(28,38)6/h7-12,17,27-29,31-32,43,45H,13-16,18-22H2,1-6H3/t27-,28+,29-,31+,32+,34-,35-,36-,37+,38-/m0/s1. The molecule has 2 saturated heterocycles. The monoisotopic (exact) mass is 668 g/mol. The fraction of sp³-hybridized carbons (Fsp3) is 0.684. The van der Waals surface area contributed by atoms with Crippen molar-refractivity contribution in [2.24, 2.45) is 22.2 Å². The second kappa shape index (κ2) is 11.1. The number of allylic oxidation sites excluding steroid dienone is 4. The summed E-state index contributed by atoms with van der Waals surface area (Å²) in [6.45, 7) is 15.8. The molecule has 10 heteroatoms. The van der Waals surface area contributed by atoms with Crippen molar-refractivity contribution in [3.05, 3.63) is 59.2 Å². The number of aliphatic hydroxyl groups is 2. The van der Waals surface area contributed by atoms with Crippen LogP contribution in [0.5, 0.6) is 0 Å². The molecule has 262 valence electrons. The zero-order chi connectivity index (χ0) is 34.7. The molecular weight excluding hydrogens is 618 g/mol. The Morgan fingerprint density at radius 3 is 2.33 bits per heavy atom. The number of halogens is 2. The normalized spacial score (nSPS) is 44.5. The van der Waals surface area contributed by atoms with Crippen LogP contribution in [-0.4, -0.2) is 99.6 Å². The number of aliphatic hydroxyl groups excluding tert-OH is 2. The van der Waals surface area contributed by atoms with Gasteiger partial charge in [0, 0.05) is 60.1 Å². The average Bonchev–Trinajstić information content (AvgIpc) is 3.54. The smallest absolute Gasteiger partial charge is 0.193 e. The Kier molecular flexibility index (Phi) is 7.88. The molecule has 2 heterocycles. The van der Waals surface area contributed by atoms with Gasteiger partial charge < -0.3 is 19.7 Å². The zero-order valence-corrected chi connectivity index (χ0v) is 29.0. The maximum Gasteiger partial charge on any atom is 0.193 e. The maximum atomic E-state index is 18.0. The molecule has 7 rings (SSSR count). The first-order valence-electron chi connectivity index (χ1n) is 17.4. The van der Waals surface area contributed by atoms with Crippen molar-refractivity contribution in [3.63, 3.8) is 0 Å². The van der Waals surface area contributed by atoms with E-state index in [1.165, 1.54) is 18.2 Å². The number of hydrogen-bond acceptors (Lipinski definition) is 8. The van der Waals surface area contributed by atoms with Crippen molar-refractivity contribution in [2.45, 2.75) is 109 Å². The van der Waals surface area contributed by atoms with Gasteiger partial charge in [0.15, 0.2) is 29.1 Å². The van der Waals surface area contributed by atoms with Gasteiger partial charge in [0.1, 0.15) is 12.8 Å². The molecular formula is C38H50F2N2O6. The summed E-state index contributed by atoms with van der Waals surface area (Å²) in [7, 11) is 0. The lowest BCUT2D eigenvalue weighted by atomic mass is 9.38. The zero-order valence-electron chi connectivity index (χ0n) is 29.0. The third-order valence-electron chi connectivity index (χ3n) is 13.5. The third kappa shape index (κ3) is 4.45. The van der Waals surface area contributed by atoms with E-state index in [-0.39, 0.29) is 30.4 Å². The highest BCUT2D eigenvalue weighted by Gasteiger charge is 2.83. The van der Waals surface area contributed by atoms with Crippen molar-refractivity contribution >= 4 is 11.6 Å². The number of hydrogen-bond donors (Lipinski definition) is 2. The molecule has 2 aliphatic heterocycles. The SMILES string of the molecule is CC(C)(C)N1CCN(Cc2ccc([C@@H]3O[C@@H]4C[C@H]5[C@]6(C)C[C@H](F)C7=CC(=O)C=C[C@]7(C)[C@@]6(F)[C@@H](O)C[C@]5(C)[C@]4(C(=O)CO)O3)cc2)CC1. The van der Waals surface area contributed by atoms with Crippen molar-refractivity contribution < 1.29 is 38.1 Å². The molecule has 2 N–H and O–H groups in total. The number of fused-ring (bicyclic) bond motifs is 7. The fourth-order valence-electron chi connectivity index (χ4n) is 11.0. The van der Waals surface area contributed by atoms with E-state index in [1.807, 2.05) is 24.3 Å². The quantitative estimate of drug-likeness (QED) is 0.469. The van der Waals surface area contributed by atoms with Crippen LogP contribution in [0.15, 0.2) is 48.1 Å². The van der Waals surface area contributed by atoms with E-state index < -0.39 is 76.3 Å². The number of nitrogens with zero attached hydrogens (tertiary/aromatic N) is 2. The van der Waals surface area contributed by atoms with E-state index in [1.54, 1.807) is 20.8 Å². The molecule has 0 aromatic heterocycles. The topological polar surface area (TPSA) is 99.5 Å². The summed E-state index contributed by atoms with van der Waals surface area (Å²) < 4.78 is 47.2. The molecule has 0 spiro atoms. The van der Waals surface area contributed by atoms with Gasteiger partial charge in [0.2, 0.25) is 0 Å². The molecule has 3 saturated carbocycles. The lowest BCUT2D eigenvalue weighted by molar-refractivity contribution is -0.269. The average molecular weight is 669 g/mol.